The summed E-state index contributed by atoms with van der Waals surface area (Å²) in [5, 5.41) is 4.02. The number of aromatic nitrogens is 2. The van der Waals surface area contributed by atoms with Gasteiger partial charge in [0.05, 0.1) is 12.2 Å². The highest BCUT2D eigenvalue weighted by atomic mass is 16.1. The summed E-state index contributed by atoms with van der Waals surface area (Å²) in [6, 6.07) is 6.79. The van der Waals surface area contributed by atoms with E-state index in [0.717, 1.165) is 11.1 Å². The largest absolute Gasteiger partial charge is 0.317 e. The van der Waals surface area contributed by atoms with Gasteiger partial charge in [-0.25, -0.2) is 0 Å². The number of nitrogens with two attached hydrogens (primary N) is 1. The Morgan fingerprint density at radius 2 is 2.24 bits per heavy atom. The maximum absolute atomic E-state index is 12.1. The van der Waals surface area contributed by atoms with Crippen molar-refractivity contribution in [3.05, 3.63) is 53.3 Å². The average molecular weight is 229 g/mol. The molecule has 1 aromatic carbocycles. The molecule has 1 unspecified atom stereocenters. The molecule has 88 valence electrons. The molecule has 2 aromatic rings. The standard InChI is InChI=1S/C13H15N3O/c1-9-4-3-5-10(6-9)13(17)12(14)11-7-15-16(2)8-11/h3-8,12H,14H2,1-2H3. The number of Topliss-reactive ketones (excluding diaryl/α,β-unsaturated/α-hetero) is 1. The Kier molecular flexibility index (Phi) is 3.06. The molecule has 2 rings (SSSR count). The number of rotatable bonds is 3. The predicted molar refractivity (Wildman–Crippen MR) is 65.6 cm³/mol. The first-order valence-electron chi connectivity index (χ1n) is 5.43. The van der Waals surface area contributed by atoms with Gasteiger partial charge in [0.2, 0.25) is 0 Å². The normalized spacial score (nSPS) is 12.4. The minimum absolute atomic E-state index is 0.0818. The van der Waals surface area contributed by atoms with Crippen molar-refractivity contribution in [2.45, 2.75) is 13.0 Å². The molecule has 0 aliphatic carbocycles. The van der Waals surface area contributed by atoms with Crippen molar-refractivity contribution in [3.63, 3.8) is 0 Å². The fraction of sp³-hybridized carbons (Fsp3) is 0.231. The fourth-order valence-corrected chi connectivity index (χ4v) is 1.73. The third-order valence-electron chi connectivity index (χ3n) is 2.67. The van der Waals surface area contributed by atoms with E-state index in [1.165, 1.54) is 0 Å². The molecule has 17 heavy (non-hydrogen) atoms. The van der Waals surface area contributed by atoms with Crippen molar-refractivity contribution >= 4 is 5.78 Å². The highest BCUT2D eigenvalue weighted by molar-refractivity contribution is 6.00. The van der Waals surface area contributed by atoms with E-state index in [0.29, 0.717) is 5.56 Å². The first-order chi connectivity index (χ1) is 8.08. The van der Waals surface area contributed by atoms with Crippen molar-refractivity contribution in [2.24, 2.45) is 12.8 Å². The Morgan fingerprint density at radius 1 is 1.47 bits per heavy atom. The van der Waals surface area contributed by atoms with E-state index in [4.69, 9.17) is 5.73 Å². The Hall–Kier alpha value is -1.94. The van der Waals surface area contributed by atoms with Crippen molar-refractivity contribution in [1.82, 2.24) is 9.78 Å². The summed E-state index contributed by atoms with van der Waals surface area (Å²) in [5.41, 5.74) is 8.36. The maximum atomic E-state index is 12.1. The molecule has 0 saturated heterocycles. The Morgan fingerprint density at radius 3 is 2.82 bits per heavy atom. The van der Waals surface area contributed by atoms with E-state index in [9.17, 15) is 4.79 Å². The van der Waals surface area contributed by atoms with Crippen LogP contribution < -0.4 is 5.73 Å². The first-order valence-corrected chi connectivity index (χ1v) is 5.43. The molecule has 0 saturated carbocycles. The van der Waals surface area contributed by atoms with Gasteiger partial charge in [0.1, 0.15) is 0 Å². The summed E-state index contributed by atoms with van der Waals surface area (Å²) < 4.78 is 1.64. The molecule has 4 nitrogen and oxygen atoms in total. The molecule has 2 N–H and O–H groups in total. The second-order valence-electron chi connectivity index (χ2n) is 4.16. The van der Waals surface area contributed by atoms with E-state index in [1.807, 2.05) is 25.1 Å². The van der Waals surface area contributed by atoms with Gasteiger partial charge >= 0.3 is 0 Å². The SMILES string of the molecule is Cc1cccc(C(=O)C(N)c2cnn(C)c2)c1. The lowest BCUT2D eigenvalue weighted by Crippen LogP contribution is -2.21. The van der Waals surface area contributed by atoms with Crippen molar-refractivity contribution in [1.29, 1.82) is 0 Å². The number of ketones is 1. The van der Waals surface area contributed by atoms with Crippen molar-refractivity contribution in [2.75, 3.05) is 0 Å². The van der Waals surface area contributed by atoms with Crippen LogP contribution in [0.25, 0.3) is 0 Å². The van der Waals surface area contributed by atoms with Gasteiger partial charge in [0.15, 0.2) is 5.78 Å². The lowest BCUT2D eigenvalue weighted by Gasteiger charge is -2.08. The van der Waals surface area contributed by atoms with E-state index in [2.05, 4.69) is 5.10 Å². The van der Waals surface area contributed by atoms with Crippen molar-refractivity contribution in [3.8, 4) is 0 Å². The van der Waals surface area contributed by atoms with Gasteiger partial charge in [-0.1, -0.05) is 23.8 Å². The van der Waals surface area contributed by atoms with Crippen LogP contribution in [-0.2, 0) is 7.05 Å². The zero-order chi connectivity index (χ0) is 12.4. The van der Waals surface area contributed by atoms with Gasteiger partial charge in [-0.05, 0) is 13.0 Å². The lowest BCUT2D eigenvalue weighted by atomic mass is 9.99. The van der Waals surface area contributed by atoms with Crippen LogP contribution >= 0.6 is 0 Å². The minimum atomic E-state index is -0.648. The summed E-state index contributed by atoms with van der Waals surface area (Å²) >= 11 is 0. The molecule has 1 aromatic heterocycles. The highest BCUT2D eigenvalue weighted by Crippen LogP contribution is 2.16. The smallest absolute Gasteiger partial charge is 0.184 e. The van der Waals surface area contributed by atoms with Crippen molar-refractivity contribution < 1.29 is 4.79 Å². The molecular weight excluding hydrogens is 214 g/mol. The van der Waals surface area contributed by atoms with Crippen LogP contribution in [-0.4, -0.2) is 15.6 Å². The molecule has 0 aliphatic heterocycles. The molecule has 0 bridgehead atoms. The van der Waals surface area contributed by atoms with E-state index in [-0.39, 0.29) is 5.78 Å². The van der Waals surface area contributed by atoms with E-state index >= 15 is 0 Å². The van der Waals surface area contributed by atoms with E-state index in [1.54, 1.807) is 30.2 Å². The predicted octanol–water partition coefficient (Wildman–Crippen LogP) is 1.61. The summed E-state index contributed by atoms with van der Waals surface area (Å²) in [7, 11) is 1.80. The molecular formula is C13H15N3O. The van der Waals surface area contributed by atoms with E-state index < -0.39 is 6.04 Å². The van der Waals surface area contributed by atoms with Gasteiger partial charge in [0, 0.05) is 24.4 Å². The molecule has 4 heteroatoms. The first kappa shape index (κ1) is 11.5. The Balaban J connectivity index is 2.26. The van der Waals surface area contributed by atoms with Crippen LogP contribution in [0.2, 0.25) is 0 Å². The van der Waals surface area contributed by atoms with Gasteiger partial charge in [-0.2, -0.15) is 5.10 Å². The second-order valence-corrected chi connectivity index (χ2v) is 4.16. The van der Waals surface area contributed by atoms with Crippen LogP contribution in [0.1, 0.15) is 27.5 Å². The summed E-state index contributed by atoms with van der Waals surface area (Å²) in [4.78, 5) is 12.1. The fourth-order valence-electron chi connectivity index (χ4n) is 1.73. The van der Waals surface area contributed by atoms with Gasteiger partial charge in [-0.15, -0.1) is 0 Å². The lowest BCUT2D eigenvalue weighted by molar-refractivity contribution is 0.0961. The van der Waals surface area contributed by atoms with Crippen LogP contribution in [0.3, 0.4) is 0 Å². The highest BCUT2D eigenvalue weighted by Gasteiger charge is 2.18. The molecule has 0 radical (unpaired) electrons. The zero-order valence-corrected chi connectivity index (χ0v) is 9.92. The minimum Gasteiger partial charge on any atom is -0.317 e. The number of carbonyl (C=O) groups excluding carboxylic acids is 1. The molecule has 0 aliphatic rings. The molecule has 0 spiro atoms. The summed E-state index contributed by atoms with van der Waals surface area (Å²) in [5.74, 6) is -0.0818. The topological polar surface area (TPSA) is 60.9 Å². The average Bonchev–Trinajstić information content (AvgIpc) is 2.74. The molecule has 1 heterocycles. The number of carbonyl (C=O) groups is 1. The number of aryl methyl sites for hydroxylation is 2. The second kappa shape index (κ2) is 4.51. The number of hydrogen-bond acceptors (Lipinski definition) is 3. The third-order valence-corrected chi connectivity index (χ3v) is 2.67. The quantitative estimate of drug-likeness (QED) is 0.813. The molecule has 0 fully saturated rings. The van der Waals surface area contributed by atoms with Gasteiger partial charge in [0.25, 0.3) is 0 Å². The van der Waals surface area contributed by atoms with Crippen LogP contribution in [0.15, 0.2) is 36.7 Å². The summed E-state index contributed by atoms with van der Waals surface area (Å²) in [6.45, 7) is 1.95. The van der Waals surface area contributed by atoms with Crippen LogP contribution in [0, 0.1) is 6.92 Å². The Bertz CT molecular complexity index is 545. The zero-order valence-electron chi connectivity index (χ0n) is 9.92. The molecule has 1 atom stereocenters. The molecule has 0 amide bonds. The Labute approximate surface area is 100 Å². The monoisotopic (exact) mass is 229 g/mol. The number of hydrogen-bond donors (Lipinski definition) is 1. The number of nitrogens with zero attached hydrogens (tertiary/aromatic N) is 2. The van der Waals surface area contributed by atoms with Gasteiger partial charge in [-0.3, -0.25) is 9.48 Å². The summed E-state index contributed by atoms with van der Waals surface area (Å²) in [6.07, 6.45) is 3.39. The van der Waals surface area contributed by atoms with Gasteiger partial charge < -0.3 is 5.73 Å². The third kappa shape index (κ3) is 2.42. The maximum Gasteiger partial charge on any atom is 0.184 e. The van der Waals surface area contributed by atoms with Crippen LogP contribution in [0.5, 0.6) is 0 Å². The number of benzene rings is 1. The van der Waals surface area contributed by atoms with Crippen LogP contribution in [0.4, 0.5) is 0 Å².